The number of aryl methyl sites for hydroxylation is 3. The summed E-state index contributed by atoms with van der Waals surface area (Å²) in [5.74, 6) is 0.0847. The van der Waals surface area contributed by atoms with Crippen molar-refractivity contribution in [3.05, 3.63) is 89.0 Å². The van der Waals surface area contributed by atoms with E-state index in [-0.39, 0.29) is 5.91 Å². The van der Waals surface area contributed by atoms with Crippen LogP contribution in [0.2, 0.25) is 0 Å². The van der Waals surface area contributed by atoms with Gasteiger partial charge in [-0.05, 0) is 79.8 Å². The maximum atomic E-state index is 13.1. The summed E-state index contributed by atoms with van der Waals surface area (Å²) in [5.41, 5.74) is 8.52. The second-order valence-corrected chi connectivity index (χ2v) is 8.24. The van der Waals surface area contributed by atoms with Crippen molar-refractivity contribution in [2.45, 2.75) is 33.6 Å². The normalized spacial score (nSPS) is 11.1. The topological polar surface area (TPSA) is 50.5 Å². The molecule has 0 aliphatic rings. The first-order chi connectivity index (χ1) is 14.9. The van der Waals surface area contributed by atoms with Gasteiger partial charge in [0.2, 0.25) is 5.91 Å². The molecule has 4 aromatic rings. The van der Waals surface area contributed by atoms with Crippen molar-refractivity contribution >= 4 is 11.6 Å². The molecule has 0 spiro atoms. The van der Waals surface area contributed by atoms with Crippen LogP contribution in [0, 0.1) is 20.8 Å². The lowest BCUT2D eigenvalue weighted by Crippen LogP contribution is -2.30. The van der Waals surface area contributed by atoms with Crippen LogP contribution in [-0.4, -0.2) is 38.8 Å². The van der Waals surface area contributed by atoms with E-state index in [0.29, 0.717) is 13.0 Å². The minimum atomic E-state index is 0.0847. The van der Waals surface area contributed by atoms with E-state index in [1.807, 2.05) is 29.8 Å². The smallest absolute Gasteiger partial charge is 0.228 e. The van der Waals surface area contributed by atoms with Crippen molar-refractivity contribution in [2.24, 2.45) is 0 Å². The Bertz CT molecular complexity index is 1230. The third kappa shape index (κ3) is 4.50. The van der Waals surface area contributed by atoms with Crippen LogP contribution in [0.3, 0.4) is 0 Å². The number of hydrogen-bond donors (Lipinski definition) is 0. The zero-order chi connectivity index (χ0) is 22.0. The van der Waals surface area contributed by atoms with Gasteiger partial charge >= 0.3 is 0 Å². The number of carbonyl (C=O) groups is 1. The van der Waals surface area contributed by atoms with E-state index in [4.69, 9.17) is 4.98 Å². The van der Waals surface area contributed by atoms with Crippen LogP contribution in [-0.2, 0) is 17.6 Å². The molecule has 0 atom stereocenters. The Morgan fingerprint density at radius 3 is 2.52 bits per heavy atom. The molecule has 0 fully saturated rings. The van der Waals surface area contributed by atoms with Crippen LogP contribution < -0.4 is 0 Å². The molecule has 0 aliphatic heterocycles. The molecule has 0 aliphatic carbocycles. The monoisotopic (exact) mass is 412 g/mol. The number of carbonyl (C=O) groups excluding carboxylic acids is 1. The molecular weight excluding hydrogens is 384 g/mol. The van der Waals surface area contributed by atoms with Gasteiger partial charge in [0, 0.05) is 37.7 Å². The molecule has 4 rings (SSSR count). The highest BCUT2D eigenvalue weighted by Gasteiger charge is 2.19. The molecular formula is C26H28N4O. The van der Waals surface area contributed by atoms with Gasteiger partial charge in [0.1, 0.15) is 5.65 Å². The molecule has 0 radical (unpaired) electrons. The van der Waals surface area contributed by atoms with E-state index < -0.39 is 0 Å². The lowest BCUT2D eigenvalue weighted by atomic mass is 10.0. The largest absolute Gasteiger partial charge is 0.345 e. The number of rotatable bonds is 6. The van der Waals surface area contributed by atoms with Crippen molar-refractivity contribution < 1.29 is 4.79 Å². The number of nitrogens with zero attached hydrogens (tertiary/aromatic N) is 4. The number of fused-ring (bicyclic) bond motifs is 1. The van der Waals surface area contributed by atoms with Crippen molar-refractivity contribution in [1.29, 1.82) is 0 Å². The molecule has 5 nitrogen and oxygen atoms in total. The number of hydrogen-bond acceptors (Lipinski definition) is 3. The standard InChI is InChI=1S/C26H28N4O/c1-18-9-14-30-23(17-25(31)29(4)13-10-21-7-11-27-12-8-21)26(28-24(30)15-18)22-6-5-19(2)20(3)16-22/h5-9,11-12,14-16H,10,13,17H2,1-4H3. The van der Waals surface area contributed by atoms with E-state index in [1.165, 1.54) is 16.7 Å². The second kappa shape index (κ2) is 8.72. The first-order valence-electron chi connectivity index (χ1n) is 10.6. The van der Waals surface area contributed by atoms with Gasteiger partial charge in [-0.3, -0.25) is 9.78 Å². The Hall–Kier alpha value is -3.47. The van der Waals surface area contributed by atoms with Gasteiger partial charge < -0.3 is 9.30 Å². The summed E-state index contributed by atoms with van der Waals surface area (Å²) in [5, 5.41) is 0. The minimum absolute atomic E-state index is 0.0847. The number of imidazole rings is 1. The summed E-state index contributed by atoms with van der Waals surface area (Å²) in [7, 11) is 1.87. The summed E-state index contributed by atoms with van der Waals surface area (Å²) >= 11 is 0. The lowest BCUT2D eigenvalue weighted by molar-refractivity contribution is -0.129. The summed E-state index contributed by atoms with van der Waals surface area (Å²) in [6, 6.07) is 14.5. The SMILES string of the molecule is Cc1ccn2c(CC(=O)N(C)CCc3ccncc3)c(-c3ccc(C)c(C)c3)nc2c1. The molecule has 0 saturated carbocycles. The van der Waals surface area contributed by atoms with E-state index in [2.05, 4.69) is 56.1 Å². The maximum Gasteiger partial charge on any atom is 0.228 e. The quantitative estimate of drug-likeness (QED) is 0.466. The molecule has 1 aromatic carbocycles. The number of aromatic nitrogens is 3. The van der Waals surface area contributed by atoms with Gasteiger partial charge in [-0.2, -0.15) is 0 Å². The van der Waals surface area contributed by atoms with Crippen molar-refractivity contribution in [2.75, 3.05) is 13.6 Å². The lowest BCUT2D eigenvalue weighted by Gasteiger charge is -2.17. The Morgan fingerprint density at radius 2 is 1.77 bits per heavy atom. The van der Waals surface area contributed by atoms with E-state index in [0.717, 1.165) is 34.6 Å². The average molecular weight is 413 g/mol. The van der Waals surface area contributed by atoms with Crippen LogP contribution in [0.15, 0.2) is 61.1 Å². The van der Waals surface area contributed by atoms with E-state index >= 15 is 0 Å². The first-order valence-corrected chi connectivity index (χ1v) is 10.6. The fourth-order valence-electron chi connectivity index (χ4n) is 3.74. The first kappa shape index (κ1) is 20.8. The third-order valence-electron chi connectivity index (χ3n) is 5.89. The Kier molecular flexibility index (Phi) is 5.85. The Morgan fingerprint density at radius 1 is 1.00 bits per heavy atom. The third-order valence-corrected chi connectivity index (χ3v) is 5.89. The number of likely N-dealkylation sites (N-methyl/N-ethyl adjacent to an activating group) is 1. The molecule has 31 heavy (non-hydrogen) atoms. The number of amides is 1. The summed E-state index contributed by atoms with van der Waals surface area (Å²) in [6.45, 7) is 6.94. The van der Waals surface area contributed by atoms with Gasteiger partial charge in [-0.25, -0.2) is 4.98 Å². The van der Waals surface area contributed by atoms with Crippen LogP contribution >= 0.6 is 0 Å². The second-order valence-electron chi connectivity index (χ2n) is 8.24. The average Bonchev–Trinajstić information content (AvgIpc) is 3.11. The zero-order valence-electron chi connectivity index (χ0n) is 18.6. The highest BCUT2D eigenvalue weighted by atomic mass is 16.2. The molecule has 158 valence electrons. The molecule has 5 heteroatoms. The Labute approximate surface area is 183 Å². The minimum Gasteiger partial charge on any atom is -0.345 e. The van der Waals surface area contributed by atoms with Crippen molar-refractivity contribution in [1.82, 2.24) is 19.3 Å². The van der Waals surface area contributed by atoms with Gasteiger partial charge in [0.05, 0.1) is 17.8 Å². The Balaban J connectivity index is 1.63. The molecule has 0 bridgehead atoms. The number of benzene rings is 1. The molecule has 1 amide bonds. The maximum absolute atomic E-state index is 13.1. The molecule has 0 N–H and O–H groups in total. The highest BCUT2D eigenvalue weighted by molar-refractivity contribution is 5.81. The molecule has 3 heterocycles. The van der Waals surface area contributed by atoms with Crippen LogP contribution in [0.4, 0.5) is 0 Å². The fraction of sp³-hybridized carbons (Fsp3) is 0.269. The highest BCUT2D eigenvalue weighted by Crippen LogP contribution is 2.27. The van der Waals surface area contributed by atoms with Crippen LogP contribution in [0.25, 0.3) is 16.9 Å². The summed E-state index contributed by atoms with van der Waals surface area (Å²) < 4.78 is 2.05. The van der Waals surface area contributed by atoms with Gasteiger partial charge in [-0.15, -0.1) is 0 Å². The number of pyridine rings is 2. The van der Waals surface area contributed by atoms with Gasteiger partial charge in [0.25, 0.3) is 0 Å². The molecule has 3 aromatic heterocycles. The molecule has 0 saturated heterocycles. The van der Waals surface area contributed by atoms with Gasteiger partial charge in [-0.1, -0.05) is 12.1 Å². The van der Waals surface area contributed by atoms with E-state index in [1.54, 1.807) is 17.3 Å². The summed E-state index contributed by atoms with van der Waals surface area (Å²) in [6.07, 6.45) is 6.70. The zero-order valence-corrected chi connectivity index (χ0v) is 18.6. The predicted octanol–water partition coefficient (Wildman–Crippen LogP) is 4.57. The van der Waals surface area contributed by atoms with Crippen LogP contribution in [0.1, 0.15) is 27.9 Å². The fourth-order valence-corrected chi connectivity index (χ4v) is 3.74. The molecule has 0 unspecified atom stereocenters. The van der Waals surface area contributed by atoms with Crippen molar-refractivity contribution in [3.63, 3.8) is 0 Å². The predicted molar refractivity (Wildman–Crippen MR) is 124 cm³/mol. The van der Waals surface area contributed by atoms with Crippen molar-refractivity contribution in [3.8, 4) is 11.3 Å². The summed E-state index contributed by atoms with van der Waals surface area (Å²) in [4.78, 5) is 23.9. The van der Waals surface area contributed by atoms with Crippen LogP contribution in [0.5, 0.6) is 0 Å². The van der Waals surface area contributed by atoms with Gasteiger partial charge in [0.15, 0.2) is 0 Å². The van der Waals surface area contributed by atoms with E-state index in [9.17, 15) is 4.79 Å².